The van der Waals surface area contributed by atoms with Gasteiger partial charge in [0.05, 0.1) is 19.3 Å². The largest absolute Gasteiger partial charge is 0.497 e. The molecule has 34 heavy (non-hydrogen) atoms. The molecule has 0 aliphatic carbocycles. The molecule has 0 aromatic heterocycles. The molecule has 5 nitrogen and oxygen atoms in total. The first-order valence-electron chi connectivity index (χ1n) is 11.4. The first-order chi connectivity index (χ1) is 16.1. The highest BCUT2D eigenvalue weighted by Crippen LogP contribution is 2.36. The van der Waals surface area contributed by atoms with Crippen LogP contribution in [0, 0.1) is 0 Å². The Morgan fingerprint density at radius 2 is 1.24 bits per heavy atom. The number of hydrogen-bond acceptors (Lipinski definition) is 5. The molecule has 0 unspecified atom stereocenters. The van der Waals surface area contributed by atoms with Gasteiger partial charge < -0.3 is 18.6 Å². The third-order valence-corrected chi connectivity index (χ3v) is 10.7. The molecule has 6 heteroatoms. The van der Waals surface area contributed by atoms with E-state index in [0.29, 0.717) is 30.3 Å². The third kappa shape index (κ3) is 6.71. The lowest BCUT2D eigenvalue weighted by molar-refractivity contribution is 0.0734. The van der Waals surface area contributed by atoms with E-state index in [9.17, 15) is 4.79 Å². The Labute approximate surface area is 203 Å². The van der Waals surface area contributed by atoms with Crippen molar-refractivity contribution in [2.75, 3.05) is 20.3 Å². The number of ether oxygens (including phenoxy) is 3. The van der Waals surface area contributed by atoms with Crippen LogP contribution >= 0.6 is 0 Å². The van der Waals surface area contributed by atoms with Crippen molar-refractivity contribution in [3.05, 3.63) is 78.4 Å². The monoisotopic (exact) mass is 478 g/mol. The summed E-state index contributed by atoms with van der Waals surface area (Å²) >= 11 is 0. The third-order valence-electron chi connectivity index (χ3n) is 6.20. The van der Waals surface area contributed by atoms with Gasteiger partial charge in [-0.2, -0.15) is 0 Å². The molecule has 3 aromatic rings. The van der Waals surface area contributed by atoms with Gasteiger partial charge in [-0.25, -0.2) is 4.79 Å². The number of rotatable bonds is 9. The number of esters is 1. The summed E-state index contributed by atoms with van der Waals surface area (Å²) in [5.74, 6) is 1.58. The fourth-order valence-corrected chi connectivity index (χ4v) is 4.05. The van der Waals surface area contributed by atoms with Crippen LogP contribution in [-0.4, -0.2) is 34.6 Å². The SMILES string of the molecule is COc1ccc(-c2ccc(OC(=O)c3ccc(OCCO[Si](C)(C)C(C)(C)C)cc3)cc2)cc1. The topological polar surface area (TPSA) is 54.0 Å². The molecule has 0 saturated heterocycles. The molecule has 180 valence electrons. The maximum Gasteiger partial charge on any atom is 0.343 e. The number of benzene rings is 3. The minimum absolute atomic E-state index is 0.172. The Balaban J connectivity index is 1.50. The molecule has 0 saturated carbocycles. The van der Waals surface area contributed by atoms with Crippen LogP contribution in [-0.2, 0) is 4.43 Å². The zero-order valence-electron chi connectivity index (χ0n) is 20.9. The molecule has 3 rings (SSSR count). The molecular weight excluding hydrogens is 444 g/mol. The van der Waals surface area contributed by atoms with Gasteiger partial charge in [0, 0.05) is 0 Å². The van der Waals surface area contributed by atoms with E-state index in [0.717, 1.165) is 16.9 Å². The maximum atomic E-state index is 12.5. The van der Waals surface area contributed by atoms with Crippen LogP contribution < -0.4 is 14.2 Å². The highest BCUT2D eigenvalue weighted by atomic mass is 28.4. The Morgan fingerprint density at radius 1 is 0.735 bits per heavy atom. The normalized spacial score (nSPS) is 11.7. The lowest BCUT2D eigenvalue weighted by Crippen LogP contribution is -2.41. The first kappa shape index (κ1) is 25.5. The summed E-state index contributed by atoms with van der Waals surface area (Å²) in [7, 11) is -0.134. The van der Waals surface area contributed by atoms with Gasteiger partial charge in [0.15, 0.2) is 8.32 Å². The standard InChI is InChI=1S/C28H34O5Si/c1-28(2,3)34(5,6)32-20-19-31-25-15-11-23(12-16-25)27(29)33-26-17-9-22(10-18-26)21-7-13-24(30-4)14-8-21/h7-18H,19-20H2,1-6H3. The lowest BCUT2D eigenvalue weighted by Gasteiger charge is -2.36. The van der Waals surface area contributed by atoms with E-state index >= 15 is 0 Å². The van der Waals surface area contributed by atoms with Gasteiger partial charge in [0.2, 0.25) is 0 Å². The molecule has 0 heterocycles. The van der Waals surface area contributed by atoms with E-state index in [1.807, 2.05) is 36.4 Å². The van der Waals surface area contributed by atoms with Crippen LogP contribution in [0.25, 0.3) is 11.1 Å². The Morgan fingerprint density at radius 3 is 1.74 bits per heavy atom. The number of hydrogen-bond donors (Lipinski definition) is 0. The molecule has 0 bridgehead atoms. The van der Waals surface area contributed by atoms with E-state index in [2.05, 4.69) is 33.9 Å². The van der Waals surface area contributed by atoms with Crippen LogP contribution in [0.15, 0.2) is 72.8 Å². The lowest BCUT2D eigenvalue weighted by atomic mass is 10.1. The van der Waals surface area contributed by atoms with Crippen LogP contribution in [0.4, 0.5) is 0 Å². The van der Waals surface area contributed by atoms with Gasteiger partial charge in [-0.1, -0.05) is 45.0 Å². The highest BCUT2D eigenvalue weighted by molar-refractivity contribution is 6.74. The zero-order chi connectivity index (χ0) is 24.8. The molecule has 0 aliphatic heterocycles. The average Bonchev–Trinajstić information content (AvgIpc) is 2.82. The van der Waals surface area contributed by atoms with Crippen molar-refractivity contribution in [3.8, 4) is 28.4 Å². The van der Waals surface area contributed by atoms with Gasteiger partial charge >= 0.3 is 5.97 Å². The summed E-state index contributed by atoms with van der Waals surface area (Å²) in [6.07, 6.45) is 0. The van der Waals surface area contributed by atoms with Crippen molar-refractivity contribution in [1.29, 1.82) is 0 Å². The molecule has 0 N–H and O–H groups in total. The van der Waals surface area contributed by atoms with Crippen LogP contribution in [0.5, 0.6) is 17.2 Å². The Bertz CT molecular complexity index is 1070. The van der Waals surface area contributed by atoms with Gasteiger partial charge in [-0.05, 0) is 77.8 Å². The molecule has 3 aromatic carbocycles. The smallest absolute Gasteiger partial charge is 0.343 e. The molecule has 0 amide bonds. The van der Waals surface area contributed by atoms with Crippen molar-refractivity contribution >= 4 is 14.3 Å². The van der Waals surface area contributed by atoms with E-state index in [4.69, 9.17) is 18.6 Å². The van der Waals surface area contributed by atoms with Crippen LogP contribution in [0.3, 0.4) is 0 Å². The summed E-state index contributed by atoms with van der Waals surface area (Å²) in [5, 5.41) is 0.172. The summed E-state index contributed by atoms with van der Waals surface area (Å²) in [6, 6.07) is 22.2. The van der Waals surface area contributed by atoms with Gasteiger partial charge in [0.25, 0.3) is 0 Å². The highest BCUT2D eigenvalue weighted by Gasteiger charge is 2.36. The van der Waals surface area contributed by atoms with Gasteiger partial charge in [-0.15, -0.1) is 0 Å². The number of methoxy groups -OCH3 is 1. The summed E-state index contributed by atoms with van der Waals surface area (Å²) < 4.78 is 22.6. The predicted octanol–water partition coefficient (Wildman–Crippen LogP) is 6.98. The summed E-state index contributed by atoms with van der Waals surface area (Å²) in [4.78, 5) is 12.5. The molecular formula is C28H34O5Si. The van der Waals surface area contributed by atoms with Crippen LogP contribution in [0.2, 0.25) is 18.1 Å². The molecule has 0 spiro atoms. The van der Waals surface area contributed by atoms with Gasteiger partial charge in [-0.3, -0.25) is 0 Å². The predicted molar refractivity (Wildman–Crippen MR) is 138 cm³/mol. The van der Waals surface area contributed by atoms with E-state index in [1.165, 1.54) is 0 Å². The fraction of sp³-hybridized carbons (Fsp3) is 0.321. The Kier molecular flexibility index (Phi) is 8.18. The maximum absolute atomic E-state index is 12.5. The average molecular weight is 479 g/mol. The first-order valence-corrected chi connectivity index (χ1v) is 14.3. The second-order valence-corrected chi connectivity index (χ2v) is 14.4. The fourth-order valence-electron chi connectivity index (χ4n) is 3.02. The second kappa shape index (κ2) is 10.9. The summed E-state index contributed by atoms with van der Waals surface area (Å²) in [6.45, 7) is 12.1. The zero-order valence-corrected chi connectivity index (χ0v) is 21.9. The van der Waals surface area contributed by atoms with Crippen molar-refractivity contribution in [2.45, 2.75) is 38.9 Å². The second-order valence-electron chi connectivity index (χ2n) is 9.62. The van der Waals surface area contributed by atoms with Crippen molar-refractivity contribution in [3.63, 3.8) is 0 Å². The van der Waals surface area contributed by atoms with Crippen molar-refractivity contribution in [2.24, 2.45) is 0 Å². The number of carbonyl (C=O) groups excluding carboxylic acids is 1. The Hall–Kier alpha value is -3.09. The van der Waals surface area contributed by atoms with Crippen molar-refractivity contribution < 1.29 is 23.4 Å². The molecule has 0 atom stereocenters. The van der Waals surface area contributed by atoms with E-state index in [-0.39, 0.29) is 5.04 Å². The van der Waals surface area contributed by atoms with Crippen LogP contribution in [0.1, 0.15) is 31.1 Å². The van der Waals surface area contributed by atoms with E-state index in [1.54, 1.807) is 43.5 Å². The van der Waals surface area contributed by atoms with Gasteiger partial charge in [0.1, 0.15) is 23.9 Å². The van der Waals surface area contributed by atoms with Crippen molar-refractivity contribution in [1.82, 2.24) is 0 Å². The number of carbonyl (C=O) groups is 1. The molecule has 0 fully saturated rings. The minimum atomic E-state index is -1.78. The summed E-state index contributed by atoms with van der Waals surface area (Å²) in [5.41, 5.74) is 2.55. The van der Waals surface area contributed by atoms with E-state index < -0.39 is 14.3 Å². The molecule has 0 aliphatic rings. The molecule has 0 radical (unpaired) electrons. The quantitative estimate of drug-likeness (QED) is 0.144. The minimum Gasteiger partial charge on any atom is -0.497 e.